The maximum atomic E-state index is 12.0. The molecule has 1 aromatic carbocycles. The zero-order valence-electron chi connectivity index (χ0n) is 17.6. The van der Waals surface area contributed by atoms with E-state index in [9.17, 15) is 9.90 Å². The number of halogens is 1. The first-order chi connectivity index (χ1) is 12.9. The Balaban J connectivity index is 2.67. The van der Waals surface area contributed by atoms with Crippen molar-refractivity contribution in [1.82, 2.24) is 16.0 Å². The Kier molecular flexibility index (Phi) is 9.04. The van der Waals surface area contributed by atoms with Gasteiger partial charge in [-0.05, 0) is 47.6 Å². The standard InChI is InChI=1S/C20H33ClN4O3/c1-7-22-17(23-12-16(26)14-10-8-9-11-15(14)21)24-13-20(5,6)25-18(27)28-19(2,3)4/h8-11,16,26H,7,12-13H2,1-6H3,(H,25,27)(H2,22,23,24). The van der Waals surface area contributed by atoms with Crippen LogP contribution in [0.15, 0.2) is 29.3 Å². The Hall–Kier alpha value is -1.99. The lowest BCUT2D eigenvalue weighted by Crippen LogP contribution is -2.49. The Bertz CT molecular complexity index is 672. The molecule has 0 saturated carbocycles. The van der Waals surface area contributed by atoms with Gasteiger partial charge in [-0.15, -0.1) is 0 Å². The van der Waals surface area contributed by atoms with Crippen molar-refractivity contribution in [3.8, 4) is 0 Å². The number of nitrogens with one attached hydrogen (secondary N) is 3. The van der Waals surface area contributed by atoms with Gasteiger partial charge in [0.15, 0.2) is 5.96 Å². The lowest BCUT2D eigenvalue weighted by molar-refractivity contribution is 0.0476. The fourth-order valence-electron chi connectivity index (χ4n) is 2.29. The average molecular weight is 413 g/mol. The Morgan fingerprint density at radius 2 is 1.86 bits per heavy atom. The third-order valence-electron chi connectivity index (χ3n) is 3.54. The Morgan fingerprint density at radius 3 is 2.43 bits per heavy atom. The van der Waals surface area contributed by atoms with Gasteiger partial charge in [0, 0.05) is 23.7 Å². The van der Waals surface area contributed by atoms with Gasteiger partial charge < -0.3 is 25.8 Å². The summed E-state index contributed by atoms with van der Waals surface area (Å²) in [5, 5.41) is 19.9. The molecule has 0 aliphatic carbocycles. The number of alkyl carbamates (subject to hydrolysis) is 1. The molecule has 0 radical (unpaired) electrons. The molecular weight excluding hydrogens is 380 g/mol. The lowest BCUT2D eigenvalue weighted by atomic mass is 10.1. The van der Waals surface area contributed by atoms with Gasteiger partial charge in [0.25, 0.3) is 0 Å². The summed E-state index contributed by atoms with van der Waals surface area (Å²) in [4.78, 5) is 16.5. The highest BCUT2D eigenvalue weighted by atomic mass is 35.5. The number of guanidine groups is 1. The third kappa shape index (κ3) is 9.28. The van der Waals surface area contributed by atoms with Gasteiger partial charge in [-0.25, -0.2) is 4.79 Å². The van der Waals surface area contributed by atoms with Gasteiger partial charge in [0.2, 0.25) is 0 Å². The number of carbonyl (C=O) groups is 1. The molecule has 0 aliphatic heterocycles. The van der Waals surface area contributed by atoms with Crippen molar-refractivity contribution in [3.63, 3.8) is 0 Å². The van der Waals surface area contributed by atoms with Crippen LogP contribution in [0, 0.1) is 0 Å². The second-order valence-electron chi connectivity index (χ2n) is 8.12. The van der Waals surface area contributed by atoms with E-state index in [2.05, 4.69) is 20.9 Å². The highest BCUT2D eigenvalue weighted by Crippen LogP contribution is 2.21. The topological polar surface area (TPSA) is 95.0 Å². The van der Waals surface area contributed by atoms with E-state index in [0.717, 1.165) is 0 Å². The number of nitrogens with zero attached hydrogens (tertiary/aromatic N) is 1. The van der Waals surface area contributed by atoms with Crippen LogP contribution in [0.2, 0.25) is 5.02 Å². The zero-order chi connectivity index (χ0) is 21.4. The van der Waals surface area contributed by atoms with Crippen molar-refractivity contribution in [3.05, 3.63) is 34.9 Å². The van der Waals surface area contributed by atoms with Gasteiger partial charge in [-0.1, -0.05) is 29.8 Å². The number of benzene rings is 1. The van der Waals surface area contributed by atoms with Crippen LogP contribution in [0.3, 0.4) is 0 Å². The number of hydrogen-bond donors (Lipinski definition) is 4. The van der Waals surface area contributed by atoms with Gasteiger partial charge in [-0.2, -0.15) is 0 Å². The zero-order valence-corrected chi connectivity index (χ0v) is 18.4. The van der Waals surface area contributed by atoms with E-state index >= 15 is 0 Å². The monoisotopic (exact) mass is 412 g/mol. The first kappa shape index (κ1) is 24.0. The van der Waals surface area contributed by atoms with Crippen molar-refractivity contribution in [1.29, 1.82) is 0 Å². The van der Waals surface area contributed by atoms with E-state index in [1.165, 1.54) is 0 Å². The van der Waals surface area contributed by atoms with Crippen molar-refractivity contribution in [2.75, 3.05) is 19.6 Å². The number of aliphatic imine (C=N–C) groups is 1. The Labute approximate surface area is 172 Å². The molecule has 0 aromatic heterocycles. The van der Waals surface area contributed by atoms with Crippen molar-refractivity contribution in [2.45, 2.75) is 58.8 Å². The van der Waals surface area contributed by atoms with Gasteiger partial charge in [-0.3, -0.25) is 4.99 Å². The molecule has 0 heterocycles. The van der Waals surface area contributed by atoms with E-state index in [4.69, 9.17) is 16.3 Å². The SMILES string of the molecule is CCNC(=NCC(C)(C)NC(=O)OC(C)(C)C)NCC(O)c1ccccc1Cl. The summed E-state index contributed by atoms with van der Waals surface area (Å²) in [6, 6.07) is 7.17. The molecule has 1 atom stereocenters. The van der Waals surface area contributed by atoms with Crippen LogP contribution in [0.25, 0.3) is 0 Å². The number of carbonyl (C=O) groups excluding carboxylic acids is 1. The summed E-state index contributed by atoms with van der Waals surface area (Å²) >= 11 is 6.13. The fourth-order valence-corrected chi connectivity index (χ4v) is 2.55. The molecule has 8 heteroatoms. The predicted octanol–water partition coefficient (Wildman–Crippen LogP) is 3.23. The molecule has 1 amide bonds. The van der Waals surface area contributed by atoms with Gasteiger partial charge >= 0.3 is 6.09 Å². The molecule has 158 valence electrons. The average Bonchev–Trinajstić information content (AvgIpc) is 2.55. The minimum Gasteiger partial charge on any atom is -0.444 e. The van der Waals surface area contributed by atoms with Crippen LogP contribution in [0.5, 0.6) is 0 Å². The van der Waals surface area contributed by atoms with E-state index in [1.54, 1.807) is 12.1 Å². The fraction of sp³-hybridized carbons (Fsp3) is 0.600. The van der Waals surface area contributed by atoms with E-state index in [1.807, 2.05) is 53.7 Å². The first-order valence-corrected chi connectivity index (χ1v) is 9.77. The van der Waals surface area contributed by atoms with Crippen molar-refractivity contribution >= 4 is 23.7 Å². The van der Waals surface area contributed by atoms with Crippen LogP contribution in [-0.2, 0) is 4.74 Å². The maximum absolute atomic E-state index is 12.0. The number of aliphatic hydroxyl groups excluding tert-OH is 1. The molecule has 0 saturated heterocycles. The van der Waals surface area contributed by atoms with Crippen LogP contribution < -0.4 is 16.0 Å². The van der Waals surface area contributed by atoms with Crippen molar-refractivity contribution < 1.29 is 14.6 Å². The molecule has 1 aromatic rings. The largest absolute Gasteiger partial charge is 0.444 e. The predicted molar refractivity (Wildman–Crippen MR) is 114 cm³/mol. The summed E-state index contributed by atoms with van der Waals surface area (Å²) in [7, 11) is 0. The van der Waals surface area contributed by atoms with Crippen LogP contribution in [0.1, 0.15) is 53.2 Å². The van der Waals surface area contributed by atoms with Crippen LogP contribution in [-0.4, -0.2) is 47.9 Å². The minimum absolute atomic E-state index is 0.246. The Morgan fingerprint density at radius 1 is 1.21 bits per heavy atom. The second kappa shape index (κ2) is 10.5. The van der Waals surface area contributed by atoms with E-state index in [-0.39, 0.29) is 6.54 Å². The summed E-state index contributed by atoms with van der Waals surface area (Å²) in [5.41, 5.74) is -0.514. The molecule has 7 nitrogen and oxygen atoms in total. The smallest absolute Gasteiger partial charge is 0.408 e. The second-order valence-corrected chi connectivity index (χ2v) is 8.53. The third-order valence-corrected chi connectivity index (χ3v) is 3.89. The lowest BCUT2D eigenvalue weighted by Gasteiger charge is -2.27. The molecule has 1 unspecified atom stereocenters. The summed E-state index contributed by atoms with van der Waals surface area (Å²) in [6.45, 7) is 12.4. The molecule has 0 fully saturated rings. The van der Waals surface area contributed by atoms with Crippen LogP contribution >= 0.6 is 11.6 Å². The van der Waals surface area contributed by atoms with Crippen LogP contribution in [0.4, 0.5) is 4.79 Å². The highest BCUT2D eigenvalue weighted by molar-refractivity contribution is 6.31. The van der Waals surface area contributed by atoms with Crippen molar-refractivity contribution in [2.24, 2.45) is 4.99 Å². The molecule has 4 N–H and O–H groups in total. The molecule has 0 bridgehead atoms. The molecule has 28 heavy (non-hydrogen) atoms. The summed E-state index contributed by atoms with van der Waals surface area (Å²) in [6.07, 6.45) is -1.26. The number of rotatable bonds is 7. The normalized spacial score (nSPS) is 13.6. The quantitative estimate of drug-likeness (QED) is 0.407. The maximum Gasteiger partial charge on any atom is 0.408 e. The number of aliphatic hydroxyl groups is 1. The molecular formula is C20H33ClN4O3. The summed E-state index contributed by atoms with van der Waals surface area (Å²) in [5.74, 6) is 0.535. The summed E-state index contributed by atoms with van der Waals surface area (Å²) < 4.78 is 5.29. The minimum atomic E-state index is -0.773. The molecule has 0 spiro atoms. The first-order valence-electron chi connectivity index (χ1n) is 9.39. The molecule has 1 rings (SSSR count). The van der Waals surface area contributed by atoms with Gasteiger partial charge in [0.1, 0.15) is 5.60 Å². The van der Waals surface area contributed by atoms with Gasteiger partial charge in [0.05, 0.1) is 18.2 Å². The number of ether oxygens (including phenoxy) is 1. The molecule has 0 aliphatic rings. The highest BCUT2D eigenvalue weighted by Gasteiger charge is 2.24. The van der Waals surface area contributed by atoms with E-state index < -0.39 is 23.3 Å². The number of hydrogen-bond acceptors (Lipinski definition) is 4. The number of amides is 1. The van der Waals surface area contributed by atoms with E-state index in [0.29, 0.717) is 29.6 Å².